The lowest BCUT2D eigenvalue weighted by Gasteiger charge is -2.24. The number of rotatable bonds is 5. The lowest BCUT2D eigenvalue weighted by Crippen LogP contribution is -2.41. The molecule has 0 amide bonds. The fourth-order valence-electron chi connectivity index (χ4n) is 4.00. The fraction of sp³-hybridized carbons (Fsp3) is 0.667. The van der Waals surface area contributed by atoms with Crippen molar-refractivity contribution >= 4 is 0 Å². The van der Waals surface area contributed by atoms with Gasteiger partial charge in [-0.3, -0.25) is 4.90 Å². The quantitative estimate of drug-likeness (QED) is 0.883. The monoisotopic (exact) mass is 272 g/mol. The van der Waals surface area contributed by atoms with E-state index in [4.69, 9.17) is 0 Å². The lowest BCUT2D eigenvalue weighted by atomic mass is 10.00. The maximum absolute atomic E-state index is 3.95. The number of likely N-dealkylation sites (tertiary alicyclic amines) is 1. The summed E-state index contributed by atoms with van der Waals surface area (Å²) in [6, 6.07) is 12.4. The standard InChI is InChI=1S/C18H28N2/c1-2-16-9-6-10-18(16)19-17-11-12-20(14-17)13-15-7-4-3-5-8-15/h3-5,7-8,16-19H,2,6,9-14H2,1H3. The van der Waals surface area contributed by atoms with Gasteiger partial charge >= 0.3 is 0 Å². The van der Waals surface area contributed by atoms with Crippen molar-refractivity contribution in [2.24, 2.45) is 5.92 Å². The molecule has 3 unspecified atom stereocenters. The summed E-state index contributed by atoms with van der Waals surface area (Å²) < 4.78 is 0. The molecule has 0 bridgehead atoms. The van der Waals surface area contributed by atoms with Crippen LogP contribution in [-0.4, -0.2) is 30.1 Å². The highest BCUT2D eigenvalue weighted by molar-refractivity contribution is 5.14. The number of nitrogens with one attached hydrogen (secondary N) is 1. The summed E-state index contributed by atoms with van der Waals surface area (Å²) in [5, 5.41) is 3.95. The molecule has 0 spiro atoms. The molecule has 1 N–H and O–H groups in total. The van der Waals surface area contributed by atoms with Crippen LogP contribution in [0.5, 0.6) is 0 Å². The molecule has 1 aromatic rings. The Labute approximate surface area is 123 Å². The highest BCUT2D eigenvalue weighted by Crippen LogP contribution is 2.29. The molecule has 1 heterocycles. The molecule has 1 saturated carbocycles. The largest absolute Gasteiger partial charge is 0.310 e. The Morgan fingerprint density at radius 1 is 1.15 bits per heavy atom. The first-order valence-electron chi connectivity index (χ1n) is 8.37. The van der Waals surface area contributed by atoms with Crippen LogP contribution < -0.4 is 5.32 Å². The molecule has 2 heteroatoms. The average molecular weight is 272 g/mol. The van der Waals surface area contributed by atoms with Gasteiger partial charge in [0.15, 0.2) is 0 Å². The molecule has 2 fully saturated rings. The third kappa shape index (κ3) is 3.42. The van der Waals surface area contributed by atoms with E-state index in [9.17, 15) is 0 Å². The van der Waals surface area contributed by atoms with Crippen molar-refractivity contribution in [3.05, 3.63) is 35.9 Å². The van der Waals surface area contributed by atoms with Crippen LogP contribution >= 0.6 is 0 Å². The van der Waals surface area contributed by atoms with E-state index < -0.39 is 0 Å². The molecule has 2 aliphatic rings. The van der Waals surface area contributed by atoms with Gasteiger partial charge in [0.2, 0.25) is 0 Å². The first-order valence-corrected chi connectivity index (χ1v) is 8.37. The molecule has 3 rings (SSSR count). The maximum Gasteiger partial charge on any atom is 0.0234 e. The highest BCUT2D eigenvalue weighted by Gasteiger charge is 2.30. The smallest absolute Gasteiger partial charge is 0.0234 e. The third-order valence-electron chi connectivity index (χ3n) is 5.15. The topological polar surface area (TPSA) is 15.3 Å². The van der Waals surface area contributed by atoms with Gasteiger partial charge in [-0.2, -0.15) is 0 Å². The van der Waals surface area contributed by atoms with Crippen molar-refractivity contribution < 1.29 is 0 Å². The normalized spacial score (nSPS) is 30.9. The van der Waals surface area contributed by atoms with Gasteiger partial charge in [-0.25, -0.2) is 0 Å². The summed E-state index contributed by atoms with van der Waals surface area (Å²) >= 11 is 0. The fourth-order valence-corrected chi connectivity index (χ4v) is 4.00. The van der Waals surface area contributed by atoms with E-state index in [0.717, 1.165) is 24.5 Å². The predicted molar refractivity (Wildman–Crippen MR) is 84.7 cm³/mol. The number of benzene rings is 1. The molecule has 1 aromatic carbocycles. The summed E-state index contributed by atoms with van der Waals surface area (Å²) in [6.45, 7) is 5.93. The van der Waals surface area contributed by atoms with E-state index in [1.165, 1.54) is 50.8 Å². The van der Waals surface area contributed by atoms with E-state index in [-0.39, 0.29) is 0 Å². The van der Waals surface area contributed by atoms with Gasteiger partial charge in [-0.05, 0) is 30.7 Å². The number of hydrogen-bond donors (Lipinski definition) is 1. The van der Waals surface area contributed by atoms with Crippen molar-refractivity contribution in [3.8, 4) is 0 Å². The van der Waals surface area contributed by atoms with Gasteiger partial charge in [0.1, 0.15) is 0 Å². The Morgan fingerprint density at radius 2 is 2.00 bits per heavy atom. The van der Waals surface area contributed by atoms with Crippen LogP contribution in [0.25, 0.3) is 0 Å². The van der Waals surface area contributed by atoms with Crippen LogP contribution in [0.2, 0.25) is 0 Å². The van der Waals surface area contributed by atoms with Crippen LogP contribution in [-0.2, 0) is 6.54 Å². The van der Waals surface area contributed by atoms with Crippen molar-refractivity contribution in [2.75, 3.05) is 13.1 Å². The molecule has 0 aromatic heterocycles. The highest BCUT2D eigenvalue weighted by atomic mass is 15.2. The second-order valence-corrected chi connectivity index (χ2v) is 6.58. The number of nitrogens with zero attached hydrogens (tertiary/aromatic N) is 1. The van der Waals surface area contributed by atoms with Gasteiger partial charge in [0, 0.05) is 31.7 Å². The van der Waals surface area contributed by atoms with Crippen LogP contribution in [0.15, 0.2) is 30.3 Å². The van der Waals surface area contributed by atoms with Gasteiger partial charge in [-0.15, -0.1) is 0 Å². The molecule has 1 aliphatic carbocycles. The van der Waals surface area contributed by atoms with Crippen molar-refractivity contribution in [3.63, 3.8) is 0 Å². The average Bonchev–Trinajstić information content (AvgIpc) is 3.10. The zero-order chi connectivity index (χ0) is 13.8. The van der Waals surface area contributed by atoms with Gasteiger partial charge in [0.25, 0.3) is 0 Å². The van der Waals surface area contributed by atoms with Crippen molar-refractivity contribution in [1.82, 2.24) is 10.2 Å². The van der Waals surface area contributed by atoms with E-state index in [2.05, 4.69) is 47.5 Å². The molecule has 110 valence electrons. The van der Waals surface area contributed by atoms with Crippen molar-refractivity contribution in [1.29, 1.82) is 0 Å². The minimum absolute atomic E-state index is 0.718. The molecule has 1 saturated heterocycles. The zero-order valence-corrected chi connectivity index (χ0v) is 12.7. The zero-order valence-electron chi connectivity index (χ0n) is 12.7. The minimum atomic E-state index is 0.718. The Bertz CT molecular complexity index is 403. The first kappa shape index (κ1) is 14.1. The Kier molecular flexibility index (Phi) is 4.74. The van der Waals surface area contributed by atoms with Crippen LogP contribution in [0, 0.1) is 5.92 Å². The molecule has 3 atom stereocenters. The Balaban J connectivity index is 1.47. The molecule has 1 aliphatic heterocycles. The molecule has 20 heavy (non-hydrogen) atoms. The first-order chi connectivity index (χ1) is 9.85. The van der Waals surface area contributed by atoms with Crippen LogP contribution in [0.3, 0.4) is 0 Å². The summed E-state index contributed by atoms with van der Waals surface area (Å²) in [4.78, 5) is 2.60. The minimum Gasteiger partial charge on any atom is -0.310 e. The second-order valence-electron chi connectivity index (χ2n) is 6.58. The Hall–Kier alpha value is -0.860. The predicted octanol–water partition coefficient (Wildman–Crippen LogP) is 3.43. The molecular weight excluding hydrogens is 244 g/mol. The van der Waals surface area contributed by atoms with Gasteiger partial charge in [0.05, 0.1) is 0 Å². The summed E-state index contributed by atoms with van der Waals surface area (Å²) in [6.07, 6.45) is 6.93. The van der Waals surface area contributed by atoms with E-state index >= 15 is 0 Å². The van der Waals surface area contributed by atoms with E-state index in [1.807, 2.05) is 0 Å². The van der Waals surface area contributed by atoms with Gasteiger partial charge < -0.3 is 5.32 Å². The lowest BCUT2D eigenvalue weighted by molar-refractivity contribution is 0.302. The van der Waals surface area contributed by atoms with Gasteiger partial charge in [-0.1, -0.05) is 50.1 Å². The van der Waals surface area contributed by atoms with Crippen molar-refractivity contribution in [2.45, 2.75) is 57.7 Å². The summed E-state index contributed by atoms with van der Waals surface area (Å²) in [5.41, 5.74) is 1.44. The number of hydrogen-bond acceptors (Lipinski definition) is 2. The Morgan fingerprint density at radius 3 is 2.80 bits per heavy atom. The van der Waals surface area contributed by atoms with Crippen LogP contribution in [0.4, 0.5) is 0 Å². The molecular formula is C18H28N2. The van der Waals surface area contributed by atoms with E-state index in [0.29, 0.717) is 0 Å². The summed E-state index contributed by atoms with van der Waals surface area (Å²) in [5.74, 6) is 0.929. The molecule has 0 radical (unpaired) electrons. The van der Waals surface area contributed by atoms with E-state index in [1.54, 1.807) is 0 Å². The SMILES string of the molecule is CCC1CCCC1NC1CCN(Cc2ccccc2)C1. The summed E-state index contributed by atoms with van der Waals surface area (Å²) in [7, 11) is 0. The third-order valence-corrected chi connectivity index (χ3v) is 5.15. The molecule has 2 nitrogen and oxygen atoms in total. The second kappa shape index (κ2) is 6.73. The van der Waals surface area contributed by atoms with Crippen LogP contribution in [0.1, 0.15) is 44.6 Å². The maximum atomic E-state index is 3.95.